The van der Waals surface area contributed by atoms with Crippen molar-refractivity contribution < 1.29 is 22.5 Å². The second-order valence-electron chi connectivity index (χ2n) is 5.13. The molecule has 2 aromatic rings. The first-order chi connectivity index (χ1) is 10.1. The number of carbonyl (C=O) groups is 1. The number of thiazole rings is 1. The van der Waals surface area contributed by atoms with Crippen LogP contribution in [-0.4, -0.2) is 21.0 Å². The lowest BCUT2D eigenvalue weighted by Gasteiger charge is -2.22. The first-order valence-electron chi connectivity index (χ1n) is 6.21. The van der Waals surface area contributed by atoms with Crippen molar-refractivity contribution in [1.29, 1.82) is 0 Å². The van der Waals surface area contributed by atoms with E-state index in [4.69, 9.17) is 4.52 Å². The highest BCUT2D eigenvalue weighted by molar-refractivity contribution is 7.09. The van der Waals surface area contributed by atoms with E-state index >= 15 is 0 Å². The Bertz CT molecular complexity index is 678. The summed E-state index contributed by atoms with van der Waals surface area (Å²) in [5.74, 6) is 0.158. The van der Waals surface area contributed by atoms with E-state index in [1.807, 2.05) is 0 Å². The fourth-order valence-corrected chi connectivity index (χ4v) is 2.37. The van der Waals surface area contributed by atoms with E-state index in [9.17, 15) is 18.0 Å². The Morgan fingerprint density at radius 1 is 1.36 bits per heavy atom. The lowest BCUT2D eigenvalue weighted by molar-refractivity contribution is -0.137. The zero-order chi connectivity index (χ0) is 16.5. The molecule has 10 heteroatoms. The smallest absolute Gasteiger partial charge is 0.343 e. The van der Waals surface area contributed by atoms with E-state index in [0.717, 1.165) is 0 Å². The number of hydrogen-bond donors (Lipinski definition) is 1. The third-order valence-corrected chi connectivity index (χ3v) is 3.61. The summed E-state index contributed by atoms with van der Waals surface area (Å²) in [5.41, 5.74) is -0.840. The van der Waals surface area contributed by atoms with Crippen molar-refractivity contribution in [1.82, 2.24) is 20.4 Å². The topological polar surface area (TPSA) is 80.9 Å². The molecule has 22 heavy (non-hydrogen) atoms. The van der Waals surface area contributed by atoms with Crippen LogP contribution in [0.2, 0.25) is 0 Å². The number of nitrogens with one attached hydrogen (secondary N) is 1. The number of aryl methyl sites for hydroxylation is 1. The molecule has 0 fully saturated rings. The molecule has 0 atom stereocenters. The van der Waals surface area contributed by atoms with Gasteiger partial charge < -0.3 is 9.84 Å². The van der Waals surface area contributed by atoms with Gasteiger partial charge >= 0.3 is 6.18 Å². The second-order valence-corrected chi connectivity index (χ2v) is 5.99. The SMILES string of the molecule is Cc1nc(C(C)(C)NC(=O)Cc2csc(C(F)(F)F)n2)no1. The van der Waals surface area contributed by atoms with E-state index in [1.165, 1.54) is 5.38 Å². The number of alkyl halides is 3. The predicted molar refractivity (Wildman–Crippen MR) is 71.0 cm³/mol. The zero-order valence-corrected chi connectivity index (χ0v) is 12.8. The zero-order valence-electron chi connectivity index (χ0n) is 12.0. The summed E-state index contributed by atoms with van der Waals surface area (Å²) in [4.78, 5) is 19.4. The van der Waals surface area contributed by atoms with Gasteiger partial charge in [-0.3, -0.25) is 4.79 Å². The summed E-state index contributed by atoms with van der Waals surface area (Å²) >= 11 is 0.460. The predicted octanol–water partition coefficient (Wildman–Crippen LogP) is 2.45. The van der Waals surface area contributed by atoms with Crippen LogP contribution < -0.4 is 5.32 Å². The largest absolute Gasteiger partial charge is 0.443 e. The van der Waals surface area contributed by atoms with Crippen molar-refractivity contribution in [2.75, 3.05) is 0 Å². The Balaban J connectivity index is 2.02. The maximum Gasteiger partial charge on any atom is 0.443 e. The summed E-state index contributed by atoms with van der Waals surface area (Å²) in [7, 11) is 0. The highest BCUT2D eigenvalue weighted by atomic mass is 32.1. The van der Waals surface area contributed by atoms with Gasteiger partial charge in [0, 0.05) is 12.3 Å². The molecule has 0 aliphatic rings. The van der Waals surface area contributed by atoms with Crippen LogP contribution in [0.5, 0.6) is 0 Å². The third-order valence-electron chi connectivity index (χ3n) is 2.67. The molecule has 2 rings (SSSR count). The van der Waals surface area contributed by atoms with E-state index in [-0.39, 0.29) is 17.9 Å². The second kappa shape index (κ2) is 5.67. The van der Waals surface area contributed by atoms with Gasteiger partial charge in [-0.25, -0.2) is 4.98 Å². The van der Waals surface area contributed by atoms with Crippen molar-refractivity contribution in [3.8, 4) is 0 Å². The average Bonchev–Trinajstić information content (AvgIpc) is 2.96. The molecular formula is C12H13F3N4O2S. The van der Waals surface area contributed by atoms with E-state index in [0.29, 0.717) is 17.2 Å². The Hall–Kier alpha value is -1.97. The summed E-state index contributed by atoms with van der Waals surface area (Å²) in [6.45, 7) is 4.94. The van der Waals surface area contributed by atoms with Gasteiger partial charge in [0.25, 0.3) is 0 Å². The van der Waals surface area contributed by atoms with Gasteiger partial charge in [0.05, 0.1) is 17.7 Å². The van der Waals surface area contributed by atoms with Crippen LogP contribution in [0.4, 0.5) is 13.2 Å². The van der Waals surface area contributed by atoms with Gasteiger partial charge in [-0.15, -0.1) is 11.3 Å². The maximum absolute atomic E-state index is 12.5. The molecular weight excluding hydrogens is 321 g/mol. The monoisotopic (exact) mass is 334 g/mol. The molecule has 2 heterocycles. The number of halogens is 3. The molecule has 0 aromatic carbocycles. The Morgan fingerprint density at radius 3 is 2.55 bits per heavy atom. The fourth-order valence-electron chi connectivity index (χ4n) is 1.68. The van der Waals surface area contributed by atoms with Gasteiger partial charge in [0.2, 0.25) is 11.8 Å². The maximum atomic E-state index is 12.5. The van der Waals surface area contributed by atoms with Gasteiger partial charge in [0.1, 0.15) is 0 Å². The Kier molecular flexibility index (Phi) is 4.23. The minimum Gasteiger partial charge on any atom is -0.343 e. The molecule has 0 aliphatic heterocycles. The van der Waals surface area contributed by atoms with Gasteiger partial charge in [0.15, 0.2) is 10.8 Å². The molecule has 1 amide bonds. The third kappa shape index (κ3) is 3.81. The molecule has 0 saturated carbocycles. The molecule has 0 saturated heterocycles. The number of aromatic nitrogens is 3. The lowest BCUT2D eigenvalue weighted by Crippen LogP contribution is -2.42. The lowest BCUT2D eigenvalue weighted by atomic mass is 10.0. The highest BCUT2D eigenvalue weighted by Crippen LogP contribution is 2.31. The normalized spacial score (nSPS) is 12.5. The average molecular weight is 334 g/mol. The van der Waals surface area contributed by atoms with E-state index in [2.05, 4.69) is 20.4 Å². The number of rotatable bonds is 4. The van der Waals surface area contributed by atoms with Crippen LogP contribution in [0.15, 0.2) is 9.90 Å². The van der Waals surface area contributed by atoms with Crippen LogP contribution in [-0.2, 0) is 22.9 Å². The summed E-state index contributed by atoms with van der Waals surface area (Å²) in [5, 5.41) is 6.61. The molecule has 0 unspecified atom stereocenters. The minimum atomic E-state index is -4.50. The van der Waals surface area contributed by atoms with Crippen molar-refractivity contribution in [2.45, 2.75) is 38.9 Å². The fraction of sp³-hybridized carbons (Fsp3) is 0.500. The highest BCUT2D eigenvalue weighted by Gasteiger charge is 2.35. The van der Waals surface area contributed by atoms with Crippen molar-refractivity contribution in [2.24, 2.45) is 0 Å². The van der Waals surface area contributed by atoms with Crippen molar-refractivity contribution in [3.63, 3.8) is 0 Å². The molecule has 6 nitrogen and oxygen atoms in total. The summed E-state index contributed by atoms with van der Waals surface area (Å²) in [6, 6.07) is 0. The summed E-state index contributed by atoms with van der Waals surface area (Å²) < 4.78 is 42.2. The van der Waals surface area contributed by atoms with Crippen LogP contribution >= 0.6 is 11.3 Å². The number of nitrogens with zero attached hydrogens (tertiary/aromatic N) is 3. The van der Waals surface area contributed by atoms with Crippen LogP contribution in [0.25, 0.3) is 0 Å². The first kappa shape index (κ1) is 16.4. The van der Waals surface area contributed by atoms with Gasteiger partial charge in [-0.1, -0.05) is 5.16 Å². The minimum absolute atomic E-state index is 0.0647. The summed E-state index contributed by atoms with van der Waals surface area (Å²) in [6.07, 6.45) is -4.76. The number of hydrogen-bond acceptors (Lipinski definition) is 6. The standard InChI is InChI=1S/C12H13F3N4O2S/c1-6-16-9(19-21-6)11(2,3)18-8(20)4-7-5-22-10(17-7)12(13,14)15/h5H,4H2,1-3H3,(H,18,20). The van der Waals surface area contributed by atoms with E-state index < -0.39 is 22.6 Å². The Morgan fingerprint density at radius 2 is 2.05 bits per heavy atom. The van der Waals surface area contributed by atoms with Crippen molar-refractivity contribution in [3.05, 3.63) is 27.8 Å². The van der Waals surface area contributed by atoms with Gasteiger partial charge in [-0.2, -0.15) is 18.2 Å². The van der Waals surface area contributed by atoms with Crippen LogP contribution in [0.3, 0.4) is 0 Å². The van der Waals surface area contributed by atoms with E-state index in [1.54, 1.807) is 20.8 Å². The molecule has 0 bridgehead atoms. The molecule has 2 aromatic heterocycles. The molecule has 0 spiro atoms. The number of carbonyl (C=O) groups excluding carboxylic acids is 1. The van der Waals surface area contributed by atoms with Gasteiger partial charge in [-0.05, 0) is 13.8 Å². The first-order valence-corrected chi connectivity index (χ1v) is 7.09. The molecule has 1 N–H and O–H groups in total. The van der Waals surface area contributed by atoms with Crippen LogP contribution in [0, 0.1) is 6.92 Å². The van der Waals surface area contributed by atoms with Crippen molar-refractivity contribution >= 4 is 17.2 Å². The molecule has 120 valence electrons. The Labute approximate surface area is 127 Å². The molecule has 0 aliphatic carbocycles. The quantitative estimate of drug-likeness (QED) is 0.929. The van der Waals surface area contributed by atoms with Crippen LogP contribution in [0.1, 0.15) is 36.3 Å². The number of amides is 1. The molecule has 0 radical (unpaired) electrons.